The van der Waals surface area contributed by atoms with Crippen LogP contribution in [0.15, 0.2) is 42.7 Å². The molecule has 260 valence electrons. The lowest BCUT2D eigenvalue weighted by Crippen LogP contribution is -2.50. The number of hydrogen-bond donors (Lipinski definition) is 1. The number of aryl methyl sites for hydroxylation is 1. The second kappa shape index (κ2) is 15.0. The van der Waals surface area contributed by atoms with Gasteiger partial charge in [-0.25, -0.2) is 14.8 Å². The van der Waals surface area contributed by atoms with Crippen LogP contribution in [-0.4, -0.2) is 72.0 Å². The van der Waals surface area contributed by atoms with Gasteiger partial charge in [0, 0.05) is 68.7 Å². The van der Waals surface area contributed by atoms with Crippen LogP contribution in [-0.2, 0) is 22.6 Å². The van der Waals surface area contributed by atoms with Crippen LogP contribution in [0.2, 0.25) is 35.7 Å². The Hall–Kier alpha value is -3.82. The van der Waals surface area contributed by atoms with Crippen molar-refractivity contribution in [2.45, 2.75) is 72.1 Å². The largest absolute Gasteiger partial charge is 0.444 e. The van der Waals surface area contributed by atoms with Gasteiger partial charge in [-0.05, 0) is 75.2 Å². The van der Waals surface area contributed by atoms with E-state index in [4.69, 9.17) is 42.6 Å². The fraction of sp³-hybridized carbons (Fsp3) is 0.444. The zero-order valence-electron chi connectivity index (χ0n) is 29.4. The third-order valence-corrected chi connectivity index (χ3v) is 10.7. The minimum Gasteiger partial charge on any atom is -0.444 e. The van der Waals surface area contributed by atoms with E-state index in [0.29, 0.717) is 77.4 Å². The van der Waals surface area contributed by atoms with Gasteiger partial charge in [0.15, 0.2) is 5.82 Å². The summed E-state index contributed by atoms with van der Waals surface area (Å²) in [5.41, 5.74) is 5.33. The molecule has 1 aliphatic heterocycles. The van der Waals surface area contributed by atoms with Crippen LogP contribution in [0.25, 0.3) is 11.0 Å². The number of benzene rings is 2. The van der Waals surface area contributed by atoms with Gasteiger partial charge in [0.05, 0.1) is 17.5 Å². The lowest BCUT2D eigenvalue weighted by molar-refractivity contribution is 0.0240. The monoisotopic (exact) mass is 721 g/mol. The average molecular weight is 723 g/mol. The van der Waals surface area contributed by atoms with E-state index in [1.165, 1.54) is 0 Å². The molecule has 2 aromatic heterocycles. The Morgan fingerprint density at radius 2 is 1.78 bits per heavy atom. The Bertz CT molecular complexity index is 1850. The maximum absolute atomic E-state index is 12.6. The number of nitrogens with zero attached hydrogens (tertiary/aromatic N) is 6. The van der Waals surface area contributed by atoms with Crippen molar-refractivity contribution in [1.82, 2.24) is 19.4 Å². The highest BCUT2D eigenvalue weighted by Crippen LogP contribution is 2.34. The summed E-state index contributed by atoms with van der Waals surface area (Å²) in [6, 6.07) is 15.0. The molecule has 0 bridgehead atoms. The lowest BCUT2D eigenvalue weighted by Gasteiger charge is -2.37. The van der Waals surface area contributed by atoms with Crippen molar-refractivity contribution in [2.24, 2.45) is 0 Å². The van der Waals surface area contributed by atoms with Crippen molar-refractivity contribution in [2.75, 3.05) is 43.0 Å². The molecule has 0 saturated carbocycles. The fourth-order valence-electron chi connectivity index (χ4n) is 5.62. The number of imidazole rings is 1. The van der Waals surface area contributed by atoms with Gasteiger partial charge in [-0.2, -0.15) is 5.26 Å². The summed E-state index contributed by atoms with van der Waals surface area (Å²) >= 11 is 13.2. The Kier molecular flexibility index (Phi) is 11.1. The summed E-state index contributed by atoms with van der Waals surface area (Å²) in [5, 5.41) is 15.0. The smallest absolute Gasteiger partial charge is 0.410 e. The highest BCUT2D eigenvalue weighted by molar-refractivity contribution is 6.76. The Balaban J connectivity index is 1.43. The molecular weight excluding hydrogens is 677 g/mol. The van der Waals surface area contributed by atoms with Gasteiger partial charge in [0.2, 0.25) is 0 Å². The first-order chi connectivity index (χ1) is 23.1. The molecule has 1 aliphatic rings. The van der Waals surface area contributed by atoms with Crippen LogP contribution in [0, 0.1) is 18.3 Å². The van der Waals surface area contributed by atoms with Gasteiger partial charge < -0.3 is 29.2 Å². The standard InChI is InChI=1S/C36H45Cl2N7O3Si/c1-24-19-25(43-13-15-44(16-14-43)35(46)48-36(2,3)4)11-12-30(24)41-34-27(21-39)33-32(40-22-45(33)23-47-17-18-49(5,6)7)31(42-34)20-26-28(37)9-8-10-29(26)38/h8-12,19,22H,13-18,20,23H2,1-7H3,(H,41,42). The van der Waals surface area contributed by atoms with E-state index in [-0.39, 0.29) is 12.8 Å². The molecule has 0 aliphatic carbocycles. The highest BCUT2D eigenvalue weighted by atomic mass is 35.5. The van der Waals surface area contributed by atoms with Crippen molar-refractivity contribution < 1.29 is 14.3 Å². The second-order valence-corrected chi connectivity index (χ2v) is 21.0. The zero-order valence-corrected chi connectivity index (χ0v) is 31.9. The van der Waals surface area contributed by atoms with Crippen LogP contribution >= 0.6 is 23.2 Å². The van der Waals surface area contributed by atoms with E-state index >= 15 is 0 Å². The molecule has 5 rings (SSSR count). The summed E-state index contributed by atoms with van der Waals surface area (Å²) < 4.78 is 13.5. The lowest BCUT2D eigenvalue weighted by atomic mass is 10.1. The summed E-state index contributed by atoms with van der Waals surface area (Å²) in [5.74, 6) is 0.416. The van der Waals surface area contributed by atoms with Gasteiger partial charge in [0.25, 0.3) is 0 Å². The number of hydrogen-bond acceptors (Lipinski definition) is 8. The number of halogens is 2. The van der Waals surface area contributed by atoms with Crippen LogP contribution in [0.1, 0.15) is 43.2 Å². The number of aromatic nitrogens is 3. The summed E-state index contributed by atoms with van der Waals surface area (Å²) in [6.45, 7) is 18.0. The molecule has 13 heteroatoms. The molecule has 0 spiro atoms. The number of anilines is 3. The minimum atomic E-state index is -1.27. The maximum Gasteiger partial charge on any atom is 0.410 e. The van der Waals surface area contributed by atoms with Crippen molar-refractivity contribution in [3.05, 3.63) is 75.2 Å². The molecule has 10 nitrogen and oxygen atoms in total. The molecule has 0 atom stereocenters. The number of piperazine rings is 1. The minimum absolute atomic E-state index is 0.264. The van der Waals surface area contributed by atoms with Crippen LogP contribution < -0.4 is 10.2 Å². The van der Waals surface area contributed by atoms with E-state index < -0.39 is 13.7 Å². The molecule has 1 amide bonds. The molecule has 49 heavy (non-hydrogen) atoms. The Morgan fingerprint density at radius 1 is 1.08 bits per heavy atom. The van der Waals surface area contributed by atoms with Gasteiger partial charge in [-0.15, -0.1) is 0 Å². The van der Waals surface area contributed by atoms with Gasteiger partial charge in [0.1, 0.15) is 29.5 Å². The SMILES string of the molecule is Cc1cc(N2CCN(C(=O)OC(C)(C)C)CC2)ccc1Nc1nc(Cc2c(Cl)cccc2Cl)c2ncn(COCC[Si](C)(C)C)c2c1C#N. The Morgan fingerprint density at radius 3 is 2.39 bits per heavy atom. The highest BCUT2D eigenvalue weighted by Gasteiger charge is 2.27. The van der Waals surface area contributed by atoms with Gasteiger partial charge in [-0.3, -0.25) is 0 Å². The molecule has 0 radical (unpaired) electrons. The van der Waals surface area contributed by atoms with Gasteiger partial charge >= 0.3 is 6.09 Å². The van der Waals surface area contributed by atoms with E-state index in [9.17, 15) is 10.1 Å². The first-order valence-electron chi connectivity index (χ1n) is 16.5. The molecule has 3 heterocycles. The maximum atomic E-state index is 12.6. The summed E-state index contributed by atoms with van der Waals surface area (Å²) in [6.07, 6.45) is 1.75. The third-order valence-electron chi connectivity index (χ3n) is 8.34. The molecule has 4 aromatic rings. The first kappa shape index (κ1) is 36.5. The van der Waals surface area contributed by atoms with Crippen molar-refractivity contribution in [3.63, 3.8) is 0 Å². The quantitative estimate of drug-likeness (QED) is 0.128. The number of nitrogens with one attached hydrogen (secondary N) is 1. The van der Waals surface area contributed by atoms with E-state index in [1.54, 1.807) is 23.4 Å². The summed E-state index contributed by atoms with van der Waals surface area (Å²) in [7, 11) is -1.27. The predicted molar refractivity (Wildman–Crippen MR) is 200 cm³/mol. The number of rotatable bonds is 10. The topological polar surface area (TPSA) is 109 Å². The van der Waals surface area contributed by atoms with Crippen LogP contribution in [0.5, 0.6) is 0 Å². The normalized spacial score (nSPS) is 13.9. The third kappa shape index (κ3) is 9.05. The Labute approximate surface area is 299 Å². The van der Waals surface area contributed by atoms with Crippen LogP contribution in [0.3, 0.4) is 0 Å². The molecular formula is C36H45Cl2N7O3Si. The zero-order chi connectivity index (χ0) is 35.5. The average Bonchev–Trinajstić information content (AvgIpc) is 3.45. The second-order valence-electron chi connectivity index (χ2n) is 14.6. The fourth-order valence-corrected chi connectivity index (χ4v) is 6.91. The molecule has 1 fully saturated rings. The number of fused-ring (bicyclic) bond motifs is 1. The van der Waals surface area contributed by atoms with Crippen molar-refractivity contribution in [1.29, 1.82) is 5.26 Å². The first-order valence-corrected chi connectivity index (χ1v) is 21.0. The van der Waals surface area contributed by atoms with E-state index in [1.807, 2.05) is 50.5 Å². The van der Waals surface area contributed by atoms with Crippen LogP contribution in [0.4, 0.5) is 22.0 Å². The number of ether oxygens (including phenoxy) is 2. The summed E-state index contributed by atoms with van der Waals surface area (Å²) in [4.78, 5) is 26.2. The van der Waals surface area contributed by atoms with Crippen molar-refractivity contribution in [3.8, 4) is 6.07 Å². The van der Waals surface area contributed by atoms with Crippen molar-refractivity contribution >= 4 is 65.6 Å². The predicted octanol–water partition coefficient (Wildman–Crippen LogP) is 8.62. The number of carbonyl (C=O) groups excluding carboxylic acids is 1. The molecule has 1 N–H and O–H groups in total. The van der Waals surface area contributed by atoms with E-state index in [2.05, 4.69) is 42.0 Å². The van der Waals surface area contributed by atoms with Gasteiger partial charge in [-0.1, -0.05) is 48.9 Å². The number of pyridine rings is 1. The number of nitriles is 1. The molecule has 1 saturated heterocycles. The molecule has 0 unspecified atom stereocenters. The molecule has 2 aromatic carbocycles. The number of carbonyl (C=O) groups is 1. The number of amides is 1. The van der Waals surface area contributed by atoms with E-state index in [0.717, 1.165) is 28.5 Å².